The van der Waals surface area contributed by atoms with E-state index in [1.165, 1.54) is 37.9 Å². The van der Waals surface area contributed by atoms with E-state index in [-0.39, 0.29) is 5.82 Å². The zero-order valence-corrected chi connectivity index (χ0v) is 10.5. The minimum atomic E-state index is -0.432. The van der Waals surface area contributed by atoms with Gasteiger partial charge in [-0.2, -0.15) is 0 Å². The van der Waals surface area contributed by atoms with Crippen molar-refractivity contribution in [1.29, 1.82) is 0 Å². The Kier molecular flexibility index (Phi) is 3.77. The highest BCUT2D eigenvalue weighted by Crippen LogP contribution is 2.35. The van der Waals surface area contributed by atoms with Crippen molar-refractivity contribution in [2.24, 2.45) is 11.7 Å². The van der Waals surface area contributed by atoms with E-state index < -0.39 is 5.54 Å². The molecule has 1 aliphatic carbocycles. The Labute approximate surface area is 102 Å². The van der Waals surface area contributed by atoms with Crippen molar-refractivity contribution >= 4 is 0 Å². The molecule has 1 aliphatic rings. The summed E-state index contributed by atoms with van der Waals surface area (Å²) >= 11 is 0. The molecule has 1 saturated carbocycles. The molecule has 1 heterocycles. The molecule has 2 nitrogen and oxygen atoms in total. The number of hydrogen-bond acceptors (Lipinski definition) is 2. The van der Waals surface area contributed by atoms with Crippen LogP contribution >= 0.6 is 0 Å². The van der Waals surface area contributed by atoms with E-state index in [9.17, 15) is 4.39 Å². The average Bonchev–Trinajstić information content (AvgIpc) is 2.58. The van der Waals surface area contributed by atoms with Gasteiger partial charge in [-0.25, -0.2) is 4.39 Å². The van der Waals surface area contributed by atoms with Crippen molar-refractivity contribution in [3.05, 3.63) is 29.8 Å². The number of hydrogen-bond donors (Lipinski definition) is 1. The van der Waals surface area contributed by atoms with Gasteiger partial charge in [0.15, 0.2) is 0 Å². The Bertz CT molecular complexity index is 351. The maximum absolute atomic E-state index is 12.9. The van der Waals surface area contributed by atoms with E-state index in [0.717, 1.165) is 18.5 Å². The summed E-state index contributed by atoms with van der Waals surface area (Å²) < 4.78 is 12.9. The van der Waals surface area contributed by atoms with Gasteiger partial charge in [-0.3, -0.25) is 4.98 Å². The summed E-state index contributed by atoms with van der Waals surface area (Å²) in [4.78, 5) is 4.16. The largest absolute Gasteiger partial charge is 0.320 e. The van der Waals surface area contributed by atoms with Crippen LogP contribution < -0.4 is 5.73 Å². The maximum Gasteiger partial charge on any atom is 0.141 e. The standard InChI is InChI=1S/C14H21FN2/c1-14(16,11-6-4-2-3-5-7-11)13-9-8-12(15)10-17-13/h8-11H,2-7,16H2,1H3. The molecule has 2 rings (SSSR count). The van der Waals surface area contributed by atoms with Gasteiger partial charge in [0.2, 0.25) is 0 Å². The van der Waals surface area contributed by atoms with E-state index in [2.05, 4.69) is 4.98 Å². The van der Waals surface area contributed by atoms with Crippen LogP contribution in [0.2, 0.25) is 0 Å². The first-order valence-corrected chi connectivity index (χ1v) is 6.51. The summed E-state index contributed by atoms with van der Waals surface area (Å²) in [6.07, 6.45) is 8.69. The molecule has 1 aromatic heterocycles. The number of aromatic nitrogens is 1. The minimum absolute atomic E-state index is 0.301. The molecule has 2 N–H and O–H groups in total. The molecule has 0 spiro atoms. The molecule has 17 heavy (non-hydrogen) atoms. The van der Waals surface area contributed by atoms with Crippen LogP contribution in [-0.2, 0) is 5.54 Å². The van der Waals surface area contributed by atoms with Crippen LogP contribution in [0.15, 0.2) is 18.3 Å². The maximum atomic E-state index is 12.9. The van der Waals surface area contributed by atoms with Crippen molar-refractivity contribution < 1.29 is 4.39 Å². The zero-order valence-electron chi connectivity index (χ0n) is 10.5. The lowest BCUT2D eigenvalue weighted by molar-refractivity contribution is 0.262. The summed E-state index contributed by atoms with van der Waals surface area (Å²) in [7, 11) is 0. The third-order valence-electron chi connectivity index (χ3n) is 3.98. The number of pyridine rings is 1. The van der Waals surface area contributed by atoms with Crippen molar-refractivity contribution in [2.45, 2.75) is 51.0 Å². The number of rotatable bonds is 2. The monoisotopic (exact) mass is 236 g/mol. The summed E-state index contributed by atoms with van der Waals surface area (Å²) in [6.45, 7) is 2.03. The molecular weight excluding hydrogens is 215 g/mol. The lowest BCUT2D eigenvalue weighted by Crippen LogP contribution is -2.41. The predicted octanol–water partition coefficient (Wildman–Crippen LogP) is 3.37. The second-order valence-electron chi connectivity index (χ2n) is 5.33. The highest BCUT2D eigenvalue weighted by atomic mass is 19.1. The van der Waals surface area contributed by atoms with E-state index in [1.54, 1.807) is 6.07 Å². The van der Waals surface area contributed by atoms with Crippen molar-refractivity contribution in [3.63, 3.8) is 0 Å². The van der Waals surface area contributed by atoms with Crippen LogP contribution in [0.3, 0.4) is 0 Å². The first-order chi connectivity index (χ1) is 8.10. The molecule has 0 radical (unpaired) electrons. The van der Waals surface area contributed by atoms with Gasteiger partial charge in [-0.15, -0.1) is 0 Å². The van der Waals surface area contributed by atoms with Gasteiger partial charge in [0, 0.05) is 0 Å². The topological polar surface area (TPSA) is 38.9 Å². The molecule has 1 fully saturated rings. The average molecular weight is 236 g/mol. The number of nitrogens with zero attached hydrogens (tertiary/aromatic N) is 1. The van der Waals surface area contributed by atoms with Gasteiger partial charge in [-0.05, 0) is 37.8 Å². The minimum Gasteiger partial charge on any atom is -0.320 e. The van der Waals surface area contributed by atoms with Crippen LogP contribution in [-0.4, -0.2) is 4.98 Å². The summed E-state index contributed by atoms with van der Waals surface area (Å²) in [5.41, 5.74) is 6.83. The molecule has 0 saturated heterocycles. The second-order valence-corrected chi connectivity index (χ2v) is 5.33. The fourth-order valence-corrected chi connectivity index (χ4v) is 2.78. The fraction of sp³-hybridized carbons (Fsp3) is 0.643. The highest BCUT2D eigenvalue weighted by Gasteiger charge is 2.33. The van der Waals surface area contributed by atoms with Gasteiger partial charge in [0.05, 0.1) is 17.4 Å². The molecule has 1 aromatic rings. The number of nitrogens with two attached hydrogens (primary N) is 1. The van der Waals surface area contributed by atoms with Crippen molar-refractivity contribution in [2.75, 3.05) is 0 Å². The van der Waals surface area contributed by atoms with Crippen LogP contribution in [0.5, 0.6) is 0 Å². The van der Waals surface area contributed by atoms with E-state index >= 15 is 0 Å². The summed E-state index contributed by atoms with van der Waals surface area (Å²) in [6, 6.07) is 3.17. The van der Waals surface area contributed by atoms with Crippen LogP contribution in [0, 0.1) is 11.7 Å². The third-order valence-corrected chi connectivity index (χ3v) is 3.98. The van der Waals surface area contributed by atoms with Crippen LogP contribution in [0.1, 0.15) is 51.1 Å². The summed E-state index contributed by atoms with van der Waals surface area (Å²) in [5.74, 6) is 0.161. The first-order valence-electron chi connectivity index (χ1n) is 6.51. The lowest BCUT2D eigenvalue weighted by Gasteiger charge is -2.33. The van der Waals surface area contributed by atoms with E-state index in [4.69, 9.17) is 5.73 Å². The molecule has 1 atom stereocenters. The summed E-state index contributed by atoms with van der Waals surface area (Å²) in [5, 5.41) is 0. The van der Waals surface area contributed by atoms with Gasteiger partial charge in [0.25, 0.3) is 0 Å². The predicted molar refractivity (Wildman–Crippen MR) is 66.9 cm³/mol. The molecule has 1 unspecified atom stereocenters. The Morgan fingerprint density at radius 1 is 1.24 bits per heavy atom. The van der Waals surface area contributed by atoms with Crippen molar-refractivity contribution in [3.8, 4) is 0 Å². The Morgan fingerprint density at radius 2 is 1.88 bits per heavy atom. The Morgan fingerprint density at radius 3 is 2.41 bits per heavy atom. The van der Waals surface area contributed by atoms with Crippen LogP contribution in [0.25, 0.3) is 0 Å². The van der Waals surface area contributed by atoms with Crippen molar-refractivity contribution in [1.82, 2.24) is 4.98 Å². The Balaban J connectivity index is 2.18. The quantitative estimate of drug-likeness (QED) is 0.800. The lowest BCUT2D eigenvalue weighted by atomic mass is 9.79. The SMILES string of the molecule is CC(N)(c1ccc(F)cn1)C1CCCCCC1. The fourth-order valence-electron chi connectivity index (χ4n) is 2.78. The first kappa shape index (κ1) is 12.5. The normalized spacial score (nSPS) is 21.8. The molecule has 0 aromatic carbocycles. The Hall–Kier alpha value is -0.960. The smallest absolute Gasteiger partial charge is 0.141 e. The molecule has 3 heteroatoms. The zero-order chi connectivity index (χ0) is 12.3. The molecule has 0 aliphatic heterocycles. The van der Waals surface area contributed by atoms with Gasteiger partial charge >= 0.3 is 0 Å². The van der Waals surface area contributed by atoms with Gasteiger partial charge < -0.3 is 5.73 Å². The second kappa shape index (κ2) is 5.13. The third kappa shape index (κ3) is 2.83. The van der Waals surface area contributed by atoms with Gasteiger partial charge in [0.1, 0.15) is 5.82 Å². The molecule has 0 bridgehead atoms. The highest BCUT2D eigenvalue weighted by molar-refractivity contribution is 5.16. The molecule has 0 amide bonds. The number of halogens is 1. The molecular formula is C14H21FN2. The van der Waals surface area contributed by atoms with E-state index in [0.29, 0.717) is 5.92 Å². The van der Waals surface area contributed by atoms with Crippen LogP contribution in [0.4, 0.5) is 4.39 Å². The van der Waals surface area contributed by atoms with E-state index in [1.807, 2.05) is 6.92 Å². The van der Waals surface area contributed by atoms with Gasteiger partial charge in [-0.1, -0.05) is 25.7 Å². The molecule has 94 valence electrons.